The summed E-state index contributed by atoms with van der Waals surface area (Å²) in [4.78, 5) is 34.4. The van der Waals surface area contributed by atoms with Crippen LogP contribution < -0.4 is 5.32 Å². The molecule has 1 N–H and O–H groups in total. The molecule has 0 spiro atoms. The van der Waals surface area contributed by atoms with Crippen molar-refractivity contribution in [3.63, 3.8) is 0 Å². The number of carbonyl (C=O) groups excluding carboxylic acids is 2. The first-order valence-corrected chi connectivity index (χ1v) is 10.0. The topological polar surface area (TPSA) is 133 Å². The minimum Gasteiger partial charge on any atom is -0.449 e. The number of nitrogens with one attached hydrogen (secondary N) is 1. The Morgan fingerprint density at radius 3 is 2.46 bits per heavy atom. The number of non-ortho nitro benzene ring substituents is 1. The van der Waals surface area contributed by atoms with Crippen LogP contribution in [0.2, 0.25) is 5.02 Å². The van der Waals surface area contributed by atoms with E-state index in [0.29, 0.717) is 0 Å². The highest BCUT2D eigenvalue weighted by molar-refractivity contribution is 7.90. The van der Waals surface area contributed by atoms with Gasteiger partial charge in [0.05, 0.1) is 26.1 Å². The summed E-state index contributed by atoms with van der Waals surface area (Å²) < 4.78 is 28.2. The molecule has 11 heteroatoms. The molecule has 0 aliphatic rings. The molecule has 0 bridgehead atoms. The lowest BCUT2D eigenvalue weighted by molar-refractivity contribution is -0.384. The van der Waals surface area contributed by atoms with Gasteiger partial charge in [0.15, 0.2) is 15.9 Å². The molecule has 0 radical (unpaired) electrons. The number of halogens is 1. The van der Waals surface area contributed by atoms with Gasteiger partial charge in [-0.15, -0.1) is 0 Å². The van der Waals surface area contributed by atoms with Crippen LogP contribution in [0.4, 0.5) is 11.4 Å². The average Bonchev–Trinajstić information content (AvgIpc) is 2.62. The van der Waals surface area contributed by atoms with Crippen molar-refractivity contribution in [3.8, 4) is 0 Å². The largest absolute Gasteiger partial charge is 0.449 e. The Morgan fingerprint density at radius 1 is 1.21 bits per heavy atom. The molecule has 0 heterocycles. The number of anilines is 1. The fourth-order valence-corrected chi connectivity index (χ4v) is 2.98. The minimum absolute atomic E-state index is 0.0315. The average molecular weight is 427 g/mol. The maximum Gasteiger partial charge on any atom is 0.338 e. The number of sulfone groups is 1. The molecule has 0 saturated carbocycles. The van der Waals surface area contributed by atoms with Gasteiger partial charge in [0.25, 0.3) is 11.6 Å². The number of esters is 1. The van der Waals surface area contributed by atoms with E-state index in [9.17, 15) is 28.1 Å². The number of hydrogen-bond acceptors (Lipinski definition) is 7. The molecular formula is C17H15ClN2O7S. The Balaban J connectivity index is 2.08. The van der Waals surface area contributed by atoms with Crippen LogP contribution in [0.15, 0.2) is 47.4 Å². The summed E-state index contributed by atoms with van der Waals surface area (Å²) >= 11 is 5.90. The van der Waals surface area contributed by atoms with Crippen LogP contribution >= 0.6 is 11.6 Å². The Bertz CT molecular complexity index is 1050. The number of nitro groups is 1. The fourth-order valence-electron chi connectivity index (χ4n) is 2.09. The molecule has 148 valence electrons. The predicted octanol–water partition coefficient (Wildman–Crippen LogP) is 2.84. The van der Waals surface area contributed by atoms with Gasteiger partial charge in [-0.25, -0.2) is 13.2 Å². The van der Waals surface area contributed by atoms with Crippen LogP contribution in [0.3, 0.4) is 0 Å². The second-order valence-corrected chi connectivity index (χ2v) is 8.18. The van der Waals surface area contributed by atoms with Crippen molar-refractivity contribution in [3.05, 3.63) is 63.2 Å². The summed E-state index contributed by atoms with van der Waals surface area (Å²) in [7, 11) is -3.51. The van der Waals surface area contributed by atoms with Gasteiger partial charge in [-0.3, -0.25) is 14.9 Å². The van der Waals surface area contributed by atoms with Gasteiger partial charge in [0.2, 0.25) is 0 Å². The molecule has 2 aromatic carbocycles. The van der Waals surface area contributed by atoms with E-state index in [0.717, 1.165) is 24.5 Å². The zero-order chi connectivity index (χ0) is 21.1. The first-order valence-electron chi connectivity index (χ1n) is 7.75. The van der Waals surface area contributed by atoms with Crippen molar-refractivity contribution in [2.75, 3.05) is 11.6 Å². The van der Waals surface area contributed by atoms with Crippen LogP contribution in [0.1, 0.15) is 17.3 Å². The molecule has 2 aromatic rings. The number of carbonyl (C=O) groups is 2. The van der Waals surface area contributed by atoms with Gasteiger partial charge in [0, 0.05) is 18.4 Å². The summed E-state index contributed by atoms with van der Waals surface area (Å²) in [6.45, 7) is 1.31. The van der Waals surface area contributed by atoms with Gasteiger partial charge >= 0.3 is 5.97 Å². The highest BCUT2D eigenvalue weighted by Crippen LogP contribution is 2.26. The van der Waals surface area contributed by atoms with Crippen LogP contribution in [0, 0.1) is 10.1 Å². The number of amides is 1. The standard InChI is InChI=1S/C17H15ClN2O7S/c1-10(16(21)19-15-7-6-12(20(23)24)9-14(15)18)27-17(22)11-4-3-5-13(8-11)28(2,25)26/h3-10H,1-2H3,(H,19,21). The van der Waals surface area contributed by atoms with Crippen molar-refractivity contribution in [2.45, 2.75) is 17.9 Å². The summed E-state index contributed by atoms with van der Waals surface area (Å²) in [5.41, 5.74) is -0.164. The Kier molecular flexibility index (Phi) is 6.37. The molecule has 2 rings (SSSR count). The van der Waals surface area contributed by atoms with Gasteiger partial charge in [-0.05, 0) is 31.2 Å². The van der Waals surface area contributed by atoms with E-state index < -0.39 is 32.7 Å². The quantitative estimate of drug-likeness (QED) is 0.426. The smallest absolute Gasteiger partial charge is 0.338 e. The molecule has 1 atom stereocenters. The summed E-state index contributed by atoms with van der Waals surface area (Å²) in [6, 6.07) is 8.71. The zero-order valence-corrected chi connectivity index (χ0v) is 16.3. The van der Waals surface area contributed by atoms with Crippen LogP contribution in [-0.4, -0.2) is 37.6 Å². The molecule has 0 aromatic heterocycles. The Labute approximate surface area is 165 Å². The second-order valence-electron chi connectivity index (χ2n) is 5.76. The van der Waals surface area contributed by atoms with Crippen LogP contribution in [0.25, 0.3) is 0 Å². The molecule has 0 aliphatic carbocycles. The zero-order valence-electron chi connectivity index (χ0n) is 14.7. The SMILES string of the molecule is CC(OC(=O)c1cccc(S(C)(=O)=O)c1)C(=O)Nc1ccc([N+](=O)[O-])cc1Cl. The van der Waals surface area contributed by atoms with Crippen molar-refractivity contribution < 1.29 is 27.7 Å². The number of nitro benzene ring substituents is 1. The first-order chi connectivity index (χ1) is 13.0. The van der Waals surface area contributed by atoms with Gasteiger partial charge in [0.1, 0.15) is 0 Å². The lowest BCUT2D eigenvalue weighted by Gasteiger charge is -2.14. The molecule has 9 nitrogen and oxygen atoms in total. The van der Waals surface area contributed by atoms with E-state index in [2.05, 4.69) is 5.32 Å². The maximum atomic E-state index is 12.2. The molecule has 28 heavy (non-hydrogen) atoms. The lowest BCUT2D eigenvalue weighted by Crippen LogP contribution is -2.30. The van der Waals surface area contributed by atoms with Gasteiger partial charge in [-0.2, -0.15) is 0 Å². The van der Waals surface area contributed by atoms with E-state index in [1.165, 1.54) is 31.2 Å². The Hall–Kier alpha value is -2.98. The fraction of sp³-hybridized carbons (Fsp3) is 0.176. The third-order valence-electron chi connectivity index (χ3n) is 3.57. The molecule has 1 amide bonds. The summed E-state index contributed by atoms with van der Waals surface area (Å²) in [5.74, 6) is -1.61. The third kappa shape index (κ3) is 5.27. The maximum absolute atomic E-state index is 12.2. The van der Waals surface area contributed by atoms with Crippen molar-refractivity contribution >= 4 is 44.7 Å². The second kappa shape index (κ2) is 8.36. The van der Waals surface area contributed by atoms with Gasteiger partial charge < -0.3 is 10.1 Å². The summed E-state index contributed by atoms with van der Waals surface area (Å²) in [5, 5.41) is 13.0. The number of benzene rings is 2. The van der Waals surface area contributed by atoms with Gasteiger partial charge in [-0.1, -0.05) is 17.7 Å². The number of ether oxygens (including phenoxy) is 1. The highest BCUT2D eigenvalue weighted by atomic mass is 35.5. The van der Waals surface area contributed by atoms with Crippen LogP contribution in [-0.2, 0) is 19.4 Å². The van der Waals surface area contributed by atoms with Crippen molar-refractivity contribution in [1.29, 1.82) is 0 Å². The van der Waals surface area contributed by atoms with E-state index in [1.807, 2.05) is 0 Å². The minimum atomic E-state index is -3.51. The van der Waals surface area contributed by atoms with E-state index in [1.54, 1.807) is 0 Å². The monoisotopic (exact) mass is 426 g/mol. The normalized spacial score (nSPS) is 12.1. The lowest BCUT2D eigenvalue weighted by atomic mass is 10.2. The molecular weight excluding hydrogens is 412 g/mol. The Morgan fingerprint density at radius 2 is 1.89 bits per heavy atom. The van der Waals surface area contributed by atoms with E-state index in [-0.39, 0.29) is 26.9 Å². The summed E-state index contributed by atoms with van der Waals surface area (Å²) in [6.07, 6.45) is -0.234. The van der Waals surface area contributed by atoms with Crippen molar-refractivity contribution in [1.82, 2.24) is 0 Å². The predicted molar refractivity (Wildman–Crippen MR) is 101 cm³/mol. The highest BCUT2D eigenvalue weighted by Gasteiger charge is 2.21. The van der Waals surface area contributed by atoms with E-state index in [4.69, 9.17) is 16.3 Å². The number of rotatable bonds is 6. The van der Waals surface area contributed by atoms with E-state index >= 15 is 0 Å². The third-order valence-corrected chi connectivity index (χ3v) is 5.00. The van der Waals surface area contributed by atoms with Crippen LogP contribution in [0.5, 0.6) is 0 Å². The molecule has 0 fully saturated rings. The molecule has 1 unspecified atom stereocenters. The number of nitrogens with zero attached hydrogens (tertiary/aromatic N) is 1. The first kappa shape index (κ1) is 21.3. The molecule has 0 aliphatic heterocycles. The van der Waals surface area contributed by atoms with Crippen molar-refractivity contribution in [2.24, 2.45) is 0 Å². The number of hydrogen-bond donors (Lipinski definition) is 1. The molecule has 0 saturated heterocycles.